The molecule has 0 unspecified atom stereocenters. The Hall–Kier alpha value is -2.48. The van der Waals surface area contributed by atoms with Crippen LogP contribution in [-0.4, -0.2) is 12.5 Å². The molecule has 0 saturated carbocycles. The molecule has 2 aromatic rings. The van der Waals surface area contributed by atoms with Crippen LogP contribution in [0.2, 0.25) is 10.0 Å². The largest absolute Gasteiger partial charge is 0.389 e. The third-order valence-electron chi connectivity index (χ3n) is 3.45. The summed E-state index contributed by atoms with van der Waals surface area (Å²) in [6.45, 7) is 2.65. The molecular formula is C19H17Cl2N3O. The molecule has 2 aromatic carbocycles. The number of nitrogens with one attached hydrogen (secondary N) is 2. The predicted octanol–water partition coefficient (Wildman–Crippen LogP) is 4.48. The number of benzene rings is 2. The Kier molecular flexibility index (Phi) is 6.88. The average molecular weight is 374 g/mol. The van der Waals surface area contributed by atoms with Crippen LogP contribution in [0.1, 0.15) is 11.1 Å². The van der Waals surface area contributed by atoms with Crippen LogP contribution in [-0.2, 0) is 11.2 Å². The van der Waals surface area contributed by atoms with Crippen LogP contribution in [0.25, 0.3) is 0 Å². The van der Waals surface area contributed by atoms with Crippen molar-refractivity contribution in [1.29, 1.82) is 5.26 Å². The molecule has 4 nitrogen and oxygen atoms in total. The molecule has 0 saturated heterocycles. The number of nitrogens with zero attached hydrogens (tertiary/aromatic N) is 1. The summed E-state index contributed by atoms with van der Waals surface area (Å²) < 4.78 is 0. The van der Waals surface area contributed by atoms with Gasteiger partial charge in [0.25, 0.3) is 5.91 Å². The molecule has 0 atom stereocenters. The number of aryl methyl sites for hydroxylation is 1. The van der Waals surface area contributed by atoms with Crippen molar-refractivity contribution in [3.8, 4) is 6.07 Å². The lowest BCUT2D eigenvalue weighted by Gasteiger charge is -2.08. The highest BCUT2D eigenvalue weighted by Crippen LogP contribution is 2.29. The maximum Gasteiger partial charge on any atom is 0.267 e. The summed E-state index contributed by atoms with van der Waals surface area (Å²) in [4.78, 5) is 12.2. The van der Waals surface area contributed by atoms with Crippen molar-refractivity contribution in [3.05, 3.63) is 75.4 Å². The van der Waals surface area contributed by atoms with Crippen LogP contribution < -0.4 is 10.6 Å². The average Bonchev–Trinajstić information content (AvgIpc) is 2.59. The molecule has 2 rings (SSSR count). The lowest BCUT2D eigenvalue weighted by Crippen LogP contribution is -2.18. The third kappa shape index (κ3) is 5.53. The van der Waals surface area contributed by atoms with Gasteiger partial charge in [0.1, 0.15) is 11.6 Å². The minimum Gasteiger partial charge on any atom is -0.389 e. The number of carbonyl (C=O) groups excluding carboxylic acids is 1. The Bertz CT molecular complexity index is 841. The van der Waals surface area contributed by atoms with E-state index in [2.05, 4.69) is 16.7 Å². The number of halogens is 2. The molecule has 0 aliphatic rings. The van der Waals surface area contributed by atoms with E-state index < -0.39 is 5.91 Å². The lowest BCUT2D eigenvalue weighted by molar-refractivity contribution is -0.112. The second-order valence-electron chi connectivity index (χ2n) is 5.42. The van der Waals surface area contributed by atoms with E-state index in [-0.39, 0.29) is 10.6 Å². The molecular weight excluding hydrogens is 357 g/mol. The van der Waals surface area contributed by atoms with Crippen molar-refractivity contribution in [2.45, 2.75) is 13.3 Å². The highest BCUT2D eigenvalue weighted by atomic mass is 35.5. The van der Waals surface area contributed by atoms with Gasteiger partial charge in [-0.05, 0) is 31.0 Å². The molecule has 0 heterocycles. The second kappa shape index (κ2) is 9.12. The minimum absolute atomic E-state index is 0.0414. The molecule has 25 heavy (non-hydrogen) atoms. The standard InChI is InChI=1S/C19H17Cl2N3O/c1-13-4-2-5-14(10-13)8-9-23-12-15(11-22)19(25)24-17-7-3-6-16(20)18(17)21/h2-7,10,12,23H,8-9H2,1H3,(H,24,25)/b15-12-. The van der Waals surface area contributed by atoms with Crippen molar-refractivity contribution in [2.75, 3.05) is 11.9 Å². The van der Waals surface area contributed by atoms with E-state index in [4.69, 9.17) is 23.2 Å². The fraction of sp³-hybridized carbons (Fsp3) is 0.158. The predicted molar refractivity (Wildman–Crippen MR) is 102 cm³/mol. The first-order valence-electron chi connectivity index (χ1n) is 7.66. The number of nitriles is 1. The summed E-state index contributed by atoms with van der Waals surface area (Å²) in [5.74, 6) is -0.547. The van der Waals surface area contributed by atoms with E-state index in [0.717, 1.165) is 6.42 Å². The Morgan fingerprint density at radius 3 is 2.72 bits per heavy atom. The van der Waals surface area contributed by atoms with Gasteiger partial charge in [0.05, 0.1) is 15.7 Å². The first kappa shape index (κ1) is 18.9. The van der Waals surface area contributed by atoms with Gasteiger partial charge in [-0.2, -0.15) is 5.26 Å². The second-order valence-corrected chi connectivity index (χ2v) is 6.20. The van der Waals surface area contributed by atoms with E-state index >= 15 is 0 Å². The van der Waals surface area contributed by atoms with Crippen molar-refractivity contribution < 1.29 is 4.79 Å². The van der Waals surface area contributed by atoms with Gasteiger partial charge in [-0.15, -0.1) is 0 Å². The molecule has 0 aliphatic carbocycles. The topological polar surface area (TPSA) is 64.9 Å². The van der Waals surface area contributed by atoms with Gasteiger partial charge in [0.2, 0.25) is 0 Å². The van der Waals surface area contributed by atoms with Crippen LogP contribution in [0.15, 0.2) is 54.2 Å². The van der Waals surface area contributed by atoms with Gasteiger partial charge in [-0.3, -0.25) is 4.79 Å². The molecule has 1 amide bonds. The number of rotatable bonds is 6. The molecule has 2 N–H and O–H groups in total. The Morgan fingerprint density at radius 1 is 1.24 bits per heavy atom. The highest BCUT2D eigenvalue weighted by Gasteiger charge is 2.12. The van der Waals surface area contributed by atoms with Crippen LogP contribution in [0.5, 0.6) is 0 Å². The van der Waals surface area contributed by atoms with Gasteiger partial charge in [0.15, 0.2) is 0 Å². The summed E-state index contributed by atoms with van der Waals surface area (Å²) in [6, 6.07) is 15.0. The van der Waals surface area contributed by atoms with Gasteiger partial charge < -0.3 is 10.6 Å². The van der Waals surface area contributed by atoms with E-state index in [1.807, 2.05) is 31.2 Å². The SMILES string of the molecule is Cc1cccc(CCN/C=C(/C#N)C(=O)Nc2cccc(Cl)c2Cl)c1. The van der Waals surface area contributed by atoms with Gasteiger partial charge in [-0.1, -0.05) is 59.1 Å². The number of anilines is 1. The van der Waals surface area contributed by atoms with Crippen LogP contribution in [0, 0.1) is 18.3 Å². The zero-order chi connectivity index (χ0) is 18.2. The highest BCUT2D eigenvalue weighted by molar-refractivity contribution is 6.44. The van der Waals surface area contributed by atoms with Gasteiger partial charge in [0, 0.05) is 12.7 Å². The summed E-state index contributed by atoms with van der Waals surface area (Å²) in [6.07, 6.45) is 2.20. The van der Waals surface area contributed by atoms with Crippen molar-refractivity contribution in [3.63, 3.8) is 0 Å². The zero-order valence-corrected chi connectivity index (χ0v) is 15.2. The van der Waals surface area contributed by atoms with Crippen LogP contribution in [0.3, 0.4) is 0 Å². The monoisotopic (exact) mass is 373 g/mol. The smallest absolute Gasteiger partial charge is 0.267 e. The third-order valence-corrected chi connectivity index (χ3v) is 4.27. The Balaban J connectivity index is 1.94. The maximum atomic E-state index is 12.2. The van der Waals surface area contributed by atoms with E-state index in [1.54, 1.807) is 18.2 Å². The van der Waals surface area contributed by atoms with Gasteiger partial charge in [-0.25, -0.2) is 0 Å². The fourth-order valence-electron chi connectivity index (χ4n) is 2.20. The number of hydrogen-bond donors (Lipinski definition) is 2. The summed E-state index contributed by atoms with van der Waals surface area (Å²) in [5.41, 5.74) is 2.71. The van der Waals surface area contributed by atoms with E-state index in [0.29, 0.717) is 17.3 Å². The Morgan fingerprint density at radius 2 is 2.00 bits per heavy atom. The lowest BCUT2D eigenvalue weighted by atomic mass is 10.1. The van der Waals surface area contributed by atoms with E-state index in [1.165, 1.54) is 17.3 Å². The van der Waals surface area contributed by atoms with Crippen LogP contribution >= 0.6 is 23.2 Å². The van der Waals surface area contributed by atoms with E-state index in [9.17, 15) is 10.1 Å². The van der Waals surface area contributed by atoms with Crippen molar-refractivity contribution in [1.82, 2.24) is 5.32 Å². The molecule has 6 heteroatoms. The van der Waals surface area contributed by atoms with Crippen molar-refractivity contribution >= 4 is 34.8 Å². The molecule has 0 aromatic heterocycles. The van der Waals surface area contributed by atoms with Crippen molar-refractivity contribution in [2.24, 2.45) is 0 Å². The minimum atomic E-state index is -0.547. The molecule has 0 radical (unpaired) electrons. The maximum absolute atomic E-state index is 12.2. The number of carbonyl (C=O) groups is 1. The first-order valence-corrected chi connectivity index (χ1v) is 8.41. The number of hydrogen-bond acceptors (Lipinski definition) is 3. The van der Waals surface area contributed by atoms with Crippen LogP contribution in [0.4, 0.5) is 5.69 Å². The number of amides is 1. The van der Waals surface area contributed by atoms with Gasteiger partial charge >= 0.3 is 0 Å². The molecule has 0 spiro atoms. The Labute approximate surface area is 157 Å². The fourth-order valence-corrected chi connectivity index (χ4v) is 2.54. The first-order chi connectivity index (χ1) is 12.0. The summed E-state index contributed by atoms with van der Waals surface area (Å²) >= 11 is 11.9. The quantitative estimate of drug-likeness (QED) is 0.445. The molecule has 128 valence electrons. The molecule has 0 bridgehead atoms. The summed E-state index contributed by atoms with van der Waals surface area (Å²) in [7, 11) is 0. The zero-order valence-electron chi connectivity index (χ0n) is 13.6. The summed E-state index contributed by atoms with van der Waals surface area (Å²) in [5, 5.41) is 15.3. The normalized spacial score (nSPS) is 10.9. The molecule has 0 aliphatic heterocycles. The molecule has 0 fully saturated rings.